The van der Waals surface area contributed by atoms with E-state index in [1.165, 1.54) is 0 Å². The van der Waals surface area contributed by atoms with Crippen LogP contribution in [0.2, 0.25) is 0 Å². The summed E-state index contributed by atoms with van der Waals surface area (Å²) in [6, 6.07) is 0.0752. The van der Waals surface area contributed by atoms with Crippen LogP contribution in [-0.4, -0.2) is 9.55 Å². The van der Waals surface area contributed by atoms with Crippen molar-refractivity contribution in [3.8, 4) is 0 Å². The highest BCUT2D eigenvalue weighted by atomic mass is 15.1. The Bertz CT molecular complexity index is 238. The Kier molecular flexibility index (Phi) is 2.87. The summed E-state index contributed by atoms with van der Waals surface area (Å²) in [6.07, 6.45) is 3.69. The molecule has 3 nitrogen and oxygen atoms in total. The van der Waals surface area contributed by atoms with Crippen molar-refractivity contribution in [3.63, 3.8) is 0 Å². The van der Waals surface area contributed by atoms with Crippen LogP contribution in [0.25, 0.3) is 0 Å². The normalized spacial score (nSPS) is 13.8. The highest BCUT2D eigenvalue weighted by Gasteiger charge is 2.06. The first-order chi connectivity index (χ1) is 5.61. The molecule has 1 atom stereocenters. The summed E-state index contributed by atoms with van der Waals surface area (Å²) in [6.45, 7) is 7.35. The van der Waals surface area contributed by atoms with Crippen molar-refractivity contribution < 1.29 is 0 Å². The van der Waals surface area contributed by atoms with Gasteiger partial charge in [-0.1, -0.05) is 13.8 Å². The van der Waals surface area contributed by atoms with Gasteiger partial charge in [0.25, 0.3) is 0 Å². The minimum atomic E-state index is 0.0752. The topological polar surface area (TPSA) is 43.8 Å². The first-order valence-electron chi connectivity index (χ1n) is 4.37. The summed E-state index contributed by atoms with van der Waals surface area (Å²) in [5.74, 6) is 0.636. The predicted molar refractivity (Wildman–Crippen MR) is 49.7 cm³/mol. The molecule has 2 N–H and O–H groups in total. The Hall–Kier alpha value is -0.830. The Morgan fingerprint density at radius 3 is 2.67 bits per heavy atom. The second-order valence-electron chi connectivity index (χ2n) is 3.65. The van der Waals surface area contributed by atoms with Gasteiger partial charge in [-0.05, 0) is 12.8 Å². The zero-order valence-electron chi connectivity index (χ0n) is 7.99. The maximum Gasteiger partial charge on any atom is 0.0948 e. The predicted octanol–water partition coefficient (Wildman–Crippen LogP) is 1.56. The molecule has 0 bridgehead atoms. The summed E-state index contributed by atoms with van der Waals surface area (Å²) in [4.78, 5) is 4.08. The van der Waals surface area contributed by atoms with Gasteiger partial charge in [0.05, 0.1) is 12.0 Å². The van der Waals surface area contributed by atoms with Gasteiger partial charge >= 0.3 is 0 Å². The van der Waals surface area contributed by atoms with Crippen LogP contribution in [0, 0.1) is 5.92 Å². The molecule has 1 aromatic rings. The molecule has 68 valence electrons. The van der Waals surface area contributed by atoms with E-state index in [2.05, 4.69) is 23.4 Å². The third kappa shape index (κ3) is 2.08. The van der Waals surface area contributed by atoms with Crippen LogP contribution in [0.15, 0.2) is 12.5 Å². The molecule has 0 spiro atoms. The molecule has 0 radical (unpaired) electrons. The Balaban J connectivity index is 2.77. The van der Waals surface area contributed by atoms with Gasteiger partial charge in [0.15, 0.2) is 0 Å². The lowest BCUT2D eigenvalue weighted by atomic mass is 10.2. The van der Waals surface area contributed by atoms with Gasteiger partial charge in [-0.15, -0.1) is 0 Å². The summed E-state index contributed by atoms with van der Waals surface area (Å²) in [7, 11) is 0. The summed E-state index contributed by atoms with van der Waals surface area (Å²) in [5, 5.41) is 0. The smallest absolute Gasteiger partial charge is 0.0948 e. The molecule has 1 rings (SSSR count). The molecule has 0 aliphatic heterocycles. The van der Waals surface area contributed by atoms with Crippen molar-refractivity contribution in [3.05, 3.63) is 18.2 Å². The number of rotatable bonds is 3. The van der Waals surface area contributed by atoms with Crippen molar-refractivity contribution in [2.24, 2.45) is 11.7 Å². The second-order valence-corrected chi connectivity index (χ2v) is 3.65. The minimum absolute atomic E-state index is 0.0752. The van der Waals surface area contributed by atoms with E-state index in [1.807, 2.05) is 19.4 Å². The van der Waals surface area contributed by atoms with E-state index in [1.54, 1.807) is 0 Å². The average molecular weight is 167 g/mol. The first kappa shape index (κ1) is 9.26. The van der Waals surface area contributed by atoms with Gasteiger partial charge in [-0.25, -0.2) is 4.98 Å². The zero-order valence-corrected chi connectivity index (χ0v) is 7.99. The highest BCUT2D eigenvalue weighted by molar-refractivity contribution is 5.02. The van der Waals surface area contributed by atoms with Crippen LogP contribution >= 0.6 is 0 Å². The minimum Gasteiger partial charge on any atom is -0.333 e. The maximum absolute atomic E-state index is 5.77. The van der Waals surface area contributed by atoms with E-state index in [9.17, 15) is 0 Å². The van der Waals surface area contributed by atoms with Crippen molar-refractivity contribution in [1.29, 1.82) is 0 Å². The van der Waals surface area contributed by atoms with Crippen molar-refractivity contribution in [2.75, 3.05) is 0 Å². The van der Waals surface area contributed by atoms with E-state index in [-0.39, 0.29) is 6.04 Å². The molecule has 0 aliphatic rings. The lowest BCUT2D eigenvalue weighted by Gasteiger charge is -2.12. The summed E-state index contributed by atoms with van der Waals surface area (Å²) >= 11 is 0. The molecular formula is C9H17N3. The Morgan fingerprint density at radius 1 is 1.50 bits per heavy atom. The van der Waals surface area contributed by atoms with Gasteiger partial charge in [-0.3, -0.25) is 0 Å². The van der Waals surface area contributed by atoms with Gasteiger partial charge in [-0.2, -0.15) is 0 Å². The molecule has 0 fully saturated rings. The van der Waals surface area contributed by atoms with E-state index >= 15 is 0 Å². The van der Waals surface area contributed by atoms with Crippen molar-refractivity contribution >= 4 is 0 Å². The maximum atomic E-state index is 5.77. The second kappa shape index (κ2) is 3.72. The summed E-state index contributed by atoms with van der Waals surface area (Å²) in [5.41, 5.74) is 6.89. The quantitative estimate of drug-likeness (QED) is 0.742. The number of hydrogen-bond donors (Lipinski definition) is 1. The van der Waals surface area contributed by atoms with Gasteiger partial charge in [0.1, 0.15) is 0 Å². The Labute approximate surface area is 73.6 Å². The molecule has 3 heteroatoms. The molecule has 12 heavy (non-hydrogen) atoms. The molecule has 0 unspecified atom stereocenters. The lowest BCUT2D eigenvalue weighted by Crippen LogP contribution is -2.13. The van der Waals surface area contributed by atoms with Crippen LogP contribution < -0.4 is 5.73 Å². The number of nitrogens with two attached hydrogens (primary N) is 1. The van der Waals surface area contributed by atoms with Crippen LogP contribution in [-0.2, 0) is 6.54 Å². The van der Waals surface area contributed by atoms with E-state index < -0.39 is 0 Å². The van der Waals surface area contributed by atoms with Crippen molar-refractivity contribution in [2.45, 2.75) is 33.4 Å². The Morgan fingerprint density at radius 2 is 2.17 bits per heavy atom. The first-order valence-corrected chi connectivity index (χ1v) is 4.37. The van der Waals surface area contributed by atoms with Crippen LogP contribution in [0.1, 0.15) is 32.5 Å². The van der Waals surface area contributed by atoms with E-state index in [4.69, 9.17) is 5.73 Å². The largest absolute Gasteiger partial charge is 0.333 e. The molecule has 0 aliphatic carbocycles. The third-order valence-corrected chi connectivity index (χ3v) is 1.77. The van der Waals surface area contributed by atoms with Gasteiger partial charge in [0.2, 0.25) is 0 Å². The fourth-order valence-electron chi connectivity index (χ4n) is 1.26. The molecular weight excluding hydrogens is 150 g/mol. The molecule has 0 saturated carbocycles. The molecule has 0 saturated heterocycles. The fourth-order valence-corrected chi connectivity index (χ4v) is 1.26. The molecule has 0 aromatic carbocycles. The number of imidazole rings is 1. The van der Waals surface area contributed by atoms with E-state index in [0.717, 1.165) is 12.2 Å². The molecule has 1 aromatic heterocycles. The lowest BCUT2D eigenvalue weighted by molar-refractivity contribution is 0.500. The van der Waals surface area contributed by atoms with E-state index in [0.29, 0.717) is 5.92 Å². The number of aromatic nitrogens is 2. The fraction of sp³-hybridized carbons (Fsp3) is 0.667. The third-order valence-electron chi connectivity index (χ3n) is 1.77. The average Bonchev–Trinajstić information content (AvgIpc) is 2.33. The van der Waals surface area contributed by atoms with Crippen molar-refractivity contribution in [1.82, 2.24) is 9.55 Å². The standard InChI is InChI=1S/C9H17N3/c1-7(2)5-12-6-11-4-9(12)8(3)10/h4,6-8H,5,10H2,1-3H3/t8-/m0/s1. The van der Waals surface area contributed by atoms with Crippen LogP contribution in [0.3, 0.4) is 0 Å². The monoisotopic (exact) mass is 167 g/mol. The van der Waals surface area contributed by atoms with Crippen LogP contribution in [0.4, 0.5) is 0 Å². The molecule has 1 heterocycles. The number of nitrogens with zero attached hydrogens (tertiary/aromatic N) is 2. The van der Waals surface area contributed by atoms with Gasteiger partial charge in [0, 0.05) is 18.8 Å². The number of hydrogen-bond acceptors (Lipinski definition) is 2. The van der Waals surface area contributed by atoms with Gasteiger partial charge < -0.3 is 10.3 Å². The molecule has 0 amide bonds. The zero-order chi connectivity index (χ0) is 9.14. The summed E-state index contributed by atoms with van der Waals surface area (Å²) < 4.78 is 2.12. The van der Waals surface area contributed by atoms with Crippen LogP contribution in [0.5, 0.6) is 0 Å². The highest BCUT2D eigenvalue weighted by Crippen LogP contribution is 2.10. The SMILES string of the molecule is CC(C)Cn1cncc1[C@H](C)N.